The molecule has 1 aromatic rings. The summed E-state index contributed by atoms with van der Waals surface area (Å²) in [6, 6.07) is 3.80. The average molecular weight is 394 g/mol. The maximum Gasteiger partial charge on any atom is 0.252 e. The van der Waals surface area contributed by atoms with Crippen molar-refractivity contribution in [3.8, 4) is 11.8 Å². The minimum Gasteiger partial charge on any atom is -0.385 e. The topological polar surface area (TPSA) is 70.2 Å². The molecule has 1 aromatic carbocycles. The first-order chi connectivity index (χ1) is 13.8. The molecule has 0 atom stereocenters. The Balaban J connectivity index is 2.34. The van der Waals surface area contributed by atoms with E-state index in [0.717, 1.165) is 35.6 Å². The van der Waals surface area contributed by atoms with Crippen LogP contribution in [-0.2, 0) is 0 Å². The Morgan fingerprint density at radius 3 is 2.72 bits per heavy atom. The summed E-state index contributed by atoms with van der Waals surface area (Å²) in [5, 5.41) is 6.46. The second kappa shape index (κ2) is 10.1. The molecular formula is C24H33N4O+. The third-order valence-corrected chi connectivity index (χ3v) is 5.13. The standard InChI is InChI=1S/C24H32N4O/c1-7-28(6)23-13-19(9-8-10-25)12-22(18(23)5)24(29)27-15-20-14-26-17(4)11-21(20)16(2)3/h11-13,16,26H,6-7,10,14-15,25H2,1-5H3/p+1. The summed E-state index contributed by atoms with van der Waals surface area (Å²) in [6.45, 7) is 16.7. The van der Waals surface area contributed by atoms with Crippen LogP contribution in [0.15, 0.2) is 35.1 Å². The molecule has 0 spiro atoms. The Morgan fingerprint density at radius 1 is 1.38 bits per heavy atom. The maximum absolute atomic E-state index is 13.1. The number of carbonyl (C=O) groups excluding carboxylic acids is 1. The summed E-state index contributed by atoms with van der Waals surface area (Å²) in [5.41, 5.74) is 12.4. The van der Waals surface area contributed by atoms with Crippen LogP contribution in [0.4, 0.5) is 5.69 Å². The molecule has 0 saturated heterocycles. The molecule has 0 bridgehead atoms. The zero-order valence-corrected chi connectivity index (χ0v) is 18.3. The molecule has 0 radical (unpaired) electrons. The lowest BCUT2D eigenvalue weighted by Crippen LogP contribution is -2.32. The lowest BCUT2D eigenvalue weighted by molar-refractivity contribution is -0.427. The molecule has 0 saturated carbocycles. The van der Waals surface area contributed by atoms with Gasteiger partial charge in [0, 0.05) is 36.0 Å². The fraction of sp³-hybridized carbons (Fsp3) is 0.417. The third-order valence-electron chi connectivity index (χ3n) is 5.13. The van der Waals surface area contributed by atoms with Gasteiger partial charge in [-0.1, -0.05) is 25.7 Å². The Morgan fingerprint density at radius 2 is 2.10 bits per heavy atom. The number of amides is 1. The predicted molar refractivity (Wildman–Crippen MR) is 121 cm³/mol. The van der Waals surface area contributed by atoms with E-state index < -0.39 is 0 Å². The summed E-state index contributed by atoms with van der Waals surface area (Å²) >= 11 is 0. The molecule has 154 valence electrons. The minimum atomic E-state index is -0.105. The SMILES string of the molecule is C=[N+](CC)c1cc(C#CCN)cc(C(=O)NCC2=C(C(C)C)C=C(C)NC2)c1C. The lowest BCUT2D eigenvalue weighted by atomic mass is 9.93. The first-order valence-corrected chi connectivity index (χ1v) is 10.1. The highest BCUT2D eigenvalue weighted by molar-refractivity contribution is 5.97. The van der Waals surface area contributed by atoms with Gasteiger partial charge in [-0.2, -0.15) is 0 Å². The smallest absolute Gasteiger partial charge is 0.252 e. The van der Waals surface area contributed by atoms with E-state index in [1.54, 1.807) is 0 Å². The van der Waals surface area contributed by atoms with E-state index in [0.29, 0.717) is 18.0 Å². The van der Waals surface area contributed by atoms with Crippen LogP contribution in [0.3, 0.4) is 0 Å². The van der Waals surface area contributed by atoms with Crippen molar-refractivity contribution < 1.29 is 9.37 Å². The van der Waals surface area contributed by atoms with Gasteiger partial charge in [-0.15, -0.1) is 0 Å². The zero-order valence-electron chi connectivity index (χ0n) is 18.3. The third kappa shape index (κ3) is 5.58. The van der Waals surface area contributed by atoms with Gasteiger partial charge in [-0.25, -0.2) is 4.58 Å². The molecule has 1 amide bonds. The van der Waals surface area contributed by atoms with E-state index in [1.165, 1.54) is 11.1 Å². The lowest BCUT2D eigenvalue weighted by Gasteiger charge is -2.23. The first-order valence-electron chi connectivity index (χ1n) is 10.1. The largest absolute Gasteiger partial charge is 0.385 e. The van der Waals surface area contributed by atoms with Gasteiger partial charge in [-0.05, 0) is 50.0 Å². The molecule has 2 rings (SSSR count). The van der Waals surface area contributed by atoms with Crippen molar-refractivity contribution in [2.24, 2.45) is 11.7 Å². The van der Waals surface area contributed by atoms with Gasteiger partial charge in [-0.3, -0.25) is 4.79 Å². The number of hydrogen-bond donors (Lipinski definition) is 3. The molecule has 0 fully saturated rings. The summed E-state index contributed by atoms with van der Waals surface area (Å²) in [6.07, 6.45) is 2.17. The first kappa shape index (κ1) is 22.4. The molecule has 1 heterocycles. The average Bonchev–Trinajstić information content (AvgIpc) is 2.70. The van der Waals surface area contributed by atoms with Crippen LogP contribution in [-0.4, -0.2) is 43.4 Å². The zero-order chi connectivity index (χ0) is 21.6. The number of hydrogen-bond acceptors (Lipinski definition) is 3. The summed E-state index contributed by atoms with van der Waals surface area (Å²) in [4.78, 5) is 13.1. The number of benzene rings is 1. The number of nitrogens with one attached hydrogen (secondary N) is 2. The minimum absolute atomic E-state index is 0.105. The molecule has 0 aliphatic carbocycles. The van der Waals surface area contributed by atoms with Crippen LogP contribution < -0.4 is 16.4 Å². The monoisotopic (exact) mass is 393 g/mol. The Kier molecular flexibility index (Phi) is 7.81. The van der Waals surface area contributed by atoms with Crippen LogP contribution in [0, 0.1) is 24.7 Å². The van der Waals surface area contributed by atoms with E-state index in [-0.39, 0.29) is 12.5 Å². The summed E-state index contributed by atoms with van der Waals surface area (Å²) < 4.78 is 1.87. The van der Waals surface area contributed by atoms with Crippen molar-refractivity contribution in [1.82, 2.24) is 10.6 Å². The molecule has 1 aliphatic heterocycles. The van der Waals surface area contributed by atoms with Crippen LogP contribution in [0.1, 0.15) is 49.2 Å². The van der Waals surface area contributed by atoms with Crippen molar-refractivity contribution in [3.63, 3.8) is 0 Å². The van der Waals surface area contributed by atoms with Crippen molar-refractivity contribution in [1.29, 1.82) is 0 Å². The van der Waals surface area contributed by atoms with Crippen molar-refractivity contribution in [3.05, 3.63) is 51.7 Å². The van der Waals surface area contributed by atoms with Crippen LogP contribution in [0.2, 0.25) is 0 Å². The van der Waals surface area contributed by atoms with Gasteiger partial charge >= 0.3 is 0 Å². The summed E-state index contributed by atoms with van der Waals surface area (Å²) in [5.74, 6) is 6.21. The maximum atomic E-state index is 13.1. The van der Waals surface area contributed by atoms with E-state index in [2.05, 4.69) is 56.0 Å². The molecule has 1 aliphatic rings. The van der Waals surface area contributed by atoms with E-state index in [4.69, 9.17) is 5.73 Å². The highest BCUT2D eigenvalue weighted by Crippen LogP contribution is 2.25. The summed E-state index contributed by atoms with van der Waals surface area (Å²) in [7, 11) is 0. The second-order valence-corrected chi connectivity index (χ2v) is 7.61. The second-order valence-electron chi connectivity index (χ2n) is 7.61. The highest BCUT2D eigenvalue weighted by atomic mass is 16.1. The normalized spacial score (nSPS) is 13.4. The Hall–Kier alpha value is -2.84. The van der Waals surface area contributed by atoms with Crippen LogP contribution >= 0.6 is 0 Å². The highest BCUT2D eigenvalue weighted by Gasteiger charge is 2.20. The molecular weight excluding hydrogens is 360 g/mol. The Bertz CT molecular complexity index is 926. The fourth-order valence-corrected chi connectivity index (χ4v) is 3.42. The molecule has 5 heteroatoms. The van der Waals surface area contributed by atoms with Gasteiger partial charge in [0.05, 0.1) is 12.1 Å². The van der Waals surface area contributed by atoms with Gasteiger partial charge in [0.15, 0.2) is 0 Å². The van der Waals surface area contributed by atoms with Gasteiger partial charge in [0.1, 0.15) is 13.3 Å². The molecule has 0 aromatic heterocycles. The Labute approximate surface area is 174 Å². The molecule has 0 unspecified atom stereocenters. The van der Waals surface area contributed by atoms with Gasteiger partial charge in [0.25, 0.3) is 5.91 Å². The number of nitrogens with two attached hydrogens (primary N) is 1. The number of allylic oxidation sites excluding steroid dienone is 3. The number of nitrogens with zero attached hydrogens (tertiary/aromatic N) is 1. The predicted octanol–water partition coefficient (Wildman–Crippen LogP) is 2.86. The van der Waals surface area contributed by atoms with Gasteiger partial charge in [0.2, 0.25) is 5.69 Å². The van der Waals surface area contributed by atoms with Crippen LogP contribution in [0.25, 0.3) is 0 Å². The van der Waals surface area contributed by atoms with E-state index >= 15 is 0 Å². The number of dihydropyridines is 1. The van der Waals surface area contributed by atoms with E-state index in [1.807, 2.05) is 30.6 Å². The van der Waals surface area contributed by atoms with Gasteiger partial charge < -0.3 is 16.4 Å². The van der Waals surface area contributed by atoms with Crippen LogP contribution in [0.5, 0.6) is 0 Å². The van der Waals surface area contributed by atoms with Crippen molar-refractivity contribution in [2.45, 2.75) is 34.6 Å². The fourth-order valence-electron chi connectivity index (χ4n) is 3.42. The van der Waals surface area contributed by atoms with Crippen molar-refractivity contribution in [2.75, 3.05) is 26.2 Å². The molecule has 4 N–H and O–H groups in total. The number of rotatable bonds is 6. The molecule has 5 nitrogen and oxygen atoms in total. The van der Waals surface area contributed by atoms with Crippen molar-refractivity contribution >= 4 is 18.3 Å². The number of carbonyl (C=O) groups is 1. The van der Waals surface area contributed by atoms with E-state index in [9.17, 15) is 4.79 Å². The quantitative estimate of drug-likeness (QED) is 0.395. The molecule has 29 heavy (non-hydrogen) atoms.